The molecule has 5 rings (SSSR count). The van der Waals surface area contributed by atoms with Crippen LogP contribution in [-0.2, 0) is 13.0 Å². The zero-order chi connectivity index (χ0) is 26.8. The molecule has 0 spiro atoms. The Hall–Kier alpha value is -4.53. The first-order chi connectivity index (χ1) is 18.5. The maximum absolute atomic E-state index is 14.0. The quantitative estimate of drug-likeness (QED) is 0.354. The Morgan fingerprint density at radius 1 is 0.816 bits per heavy atom. The second-order valence-electron chi connectivity index (χ2n) is 8.77. The molecule has 196 valence electrons. The summed E-state index contributed by atoms with van der Waals surface area (Å²) in [6.45, 7) is 0.950. The van der Waals surface area contributed by atoms with E-state index in [4.69, 9.17) is 33.7 Å². The average Bonchev–Trinajstić information content (AvgIpc) is 2.98. The highest BCUT2D eigenvalue weighted by Crippen LogP contribution is 2.41. The summed E-state index contributed by atoms with van der Waals surface area (Å²) in [7, 11) is 7.91. The molecule has 0 unspecified atom stereocenters. The number of aromatic nitrogens is 2. The van der Waals surface area contributed by atoms with Crippen molar-refractivity contribution in [2.45, 2.75) is 13.0 Å². The van der Waals surface area contributed by atoms with Crippen LogP contribution in [0, 0.1) is 0 Å². The van der Waals surface area contributed by atoms with Crippen molar-refractivity contribution in [3.8, 4) is 40.1 Å². The van der Waals surface area contributed by atoms with Gasteiger partial charge in [-0.2, -0.15) is 0 Å². The Labute approximate surface area is 220 Å². The molecule has 0 bridgehead atoms. The van der Waals surface area contributed by atoms with E-state index in [9.17, 15) is 4.79 Å². The summed E-state index contributed by atoms with van der Waals surface area (Å²) in [6, 6.07) is 14.9. The maximum atomic E-state index is 14.0. The molecule has 0 saturated carbocycles. The van der Waals surface area contributed by atoms with E-state index in [1.165, 1.54) is 0 Å². The van der Waals surface area contributed by atoms with Gasteiger partial charge in [-0.25, -0.2) is 9.97 Å². The van der Waals surface area contributed by atoms with Crippen molar-refractivity contribution >= 4 is 16.8 Å². The molecule has 2 heterocycles. The van der Waals surface area contributed by atoms with Crippen LogP contribution in [0.4, 0.5) is 0 Å². The van der Waals surface area contributed by atoms with Gasteiger partial charge in [-0.15, -0.1) is 0 Å². The van der Waals surface area contributed by atoms with E-state index >= 15 is 0 Å². The summed E-state index contributed by atoms with van der Waals surface area (Å²) >= 11 is 0. The van der Waals surface area contributed by atoms with Crippen molar-refractivity contribution in [3.63, 3.8) is 0 Å². The van der Waals surface area contributed by atoms with Crippen molar-refractivity contribution in [2.75, 3.05) is 42.1 Å². The standard InChI is InChI=1S/C29H29N3O6/c1-34-19-12-18-16-32(11-10-20(18)23(15-19)35-2)29(33)26-21-8-6-7-9-22(21)30-28(31-26)17-13-24(36-3)27(38-5)25(14-17)37-4/h6-9,12-15H,10-11,16H2,1-5H3. The normalized spacial score (nSPS) is 12.6. The summed E-state index contributed by atoms with van der Waals surface area (Å²) < 4.78 is 27.5. The predicted octanol–water partition coefficient (Wildman–Crippen LogP) is 4.54. The van der Waals surface area contributed by atoms with Crippen LogP contribution in [-0.4, -0.2) is 62.9 Å². The van der Waals surface area contributed by atoms with Gasteiger partial charge in [-0.3, -0.25) is 4.79 Å². The third kappa shape index (κ3) is 4.40. The molecule has 9 nitrogen and oxygen atoms in total. The molecule has 3 aromatic carbocycles. The van der Waals surface area contributed by atoms with Crippen LogP contribution in [0.5, 0.6) is 28.7 Å². The molecule has 1 aliphatic rings. The van der Waals surface area contributed by atoms with Gasteiger partial charge in [0.1, 0.15) is 17.2 Å². The number of para-hydroxylation sites is 1. The molecule has 0 atom stereocenters. The van der Waals surface area contributed by atoms with Crippen LogP contribution >= 0.6 is 0 Å². The van der Waals surface area contributed by atoms with Crippen molar-refractivity contribution < 1.29 is 28.5 Å². The van der Waals surface area contributed by atoms with E-state index in [1.54, 1.807) is 52.6 Å². The molecule has 0 aliphatic carbocycles. The Morgan fingerprint density at radius 2 is 1.53 bits per heavy atom. The number of ether oxygens (including phenoxy) is 5. The van der Waals surface area contributed by atoms with Gasteiger partial charge in [-0.1, -0.05) is 18.2 Å². The second-order valence-corrected chi connectivity index (χ2v) is 8.77. The Morgan fingerprint density at radius 3 is 2.18 bits per heavy atom. The molecular weight excluding hydrogens is 486 g/mol. The van der Waals surface area contributed by atoms with Crippen molar-refractivity contribution in [3.05, 3.63) is 65.4 Å². The van der Waals surface area contributed by atoms with Crippen LogP contribution in [0.3, 0.4) is 0 Å². The minimum atomic E-state index is -0.176. The molecule has 4 aromatic rings. The van der Waals surface area contributed by atoms with Gasteiger partial charge in [0.2, 0.25) is 5.75 Å². The molecule has 38 heavy (non-hydrogen) atoms. The number of carbonyl (C=O) groups is 1. The van der Waals surface area contributed by atoms with Gasteiger partial charge in [0.25, 0.3) is 5.91 Å². The summed E-state index contributed by atoms with van der Waals surface area (Å²) in [5.41, 5.74) is 3.71. The Balaban J connectivity index is 1.59. The maximum Gasteiger partial charge on any atom is 0.273 e. The van der Waals surface area contributed by atoms with Gasteiger partial charge >= 0.3 is 0 Å². The number of nitrogens with zero attached hydrogens (tertiary/aromatic N) is 3. The molecule has 0 fully saturated rings. The third-order valence-corrected chi connectivity index (χ3v) is 6.74. The number of fused-ring (bicyclic) bond motifs is 2. The van der Waals surface area contributed by atoms with Crippen LogP contribution in [0.25, 0.3) is 22.3 Å². The van der Waals surface area contributed by atoms with Gasteiger partial charge < -0.3 is 28.6 Å². The van der Waals surface area contributed by atoms with Gasteiger partial charge in [-0.05, 0) is 36.2 Å². The van der Waals surface area contributed by atoms with Crippen LogP contribution in [0.15, 0.2) is 48.5 Å². The summed E-state index contributed by atoms with van der Waals surface area (Å²) in [6.07, 6.45) is 0.664. The molecular formula is C29H29N3O6. The van der Waals surface area contributed by atoms with E-state index in [2.05, 4.69) is 0 Å². The highest BCUT2D eigenvalue weighted by molar-refractivity contribution is 6.05. The van der Waals surface area contributed by atoms with E-state index in [1.807, 2.05) is 36.4 Å². The molecule has 1 aliphatic heterocycles. The number of hydrogen-bond donors (Lipinski definition) is 0. The number of carbonyl (C=O) groups excluding carboxylic acids is 1. The first kappa shape index (κ1) is 25.1. The zero-order valence-electron chi connectivity index (χ0n) is 22.0. The first-order valence-electron chi connectivity index (χ1n) is 12.1. The second kappa shape index (κ2) is 10.5. The minimum Gasteiger partial charge on any atom is -0.497 e. The number of amides is 1. The number of methoxy groups -OCH3 is 5. The lowest BCUT2D eigenvalue weighted by molar-refractivity contribution is 0.0730. The van der Waals surface area contributed by atoms with Gasteiger partial charge in [0.05, 0.1) is 41.1 Å². The monoisotopic (exact) mass is 515 g/mol. The molecule has 1 amide bonds. The fourth-order valence-corrected chi connectivity index (χ4v) is 4.83. The summed E-state index contributed by atoms with van der Waals surface area (Å²) in [5.74, 6) is 3.07. The Bertz CT molecular complexity index is 1500. The number of benzene rings is 3. The summed E-state index contributed by atoms with van der Waals surface area (Å²) in [4.78, 5) is 25.3. The van der Waals surface area contributed by atoms with Crippen LogP contribution < -0.4 is 23.7 Å². The highest BCUT2D eigenvalue weighted by atomic mass is 16.5. The van der Waals surface area contributed by atoms with Crippen molar-refractivity contribution in [1.82, 2.24) is 14.9 Å². The van der Waals surface area contributed by atoms with Crippen molar-refractivity contribution in [2.24, 2.45) is 0 Å². The van der Waals surface area contributed by atoms with Crippen molar-refractivity contribution in [1.29, 1.82) is 0 Å². The first-order valence-corrected chi connectivity index (χ1v) is 12.1. The van der Waals surface area contributed by atoms with Crippen LogP contribution in [0.2, 0.25) is 0 Å². The molecule has 1 aromatic heterocycles. The SMILES string of the molecule is COc1cc2c(c(OC)c1)CCN(C(=O)c1nc(-c3cc(OC)c(OC)c(OC)c3)nc3ccccc13)C2. The lowest BCUT2D eigenvalue weighted by Crippen LogP contribution is -2.36. The minimum absolute atomic E-state index is 0.176. The summed E-state index contributed by atoms with van der Waals surface area (Å²) in [5, 5.41) is 0.683. The average molecular weight is 516 g/mol. The lowest BCUT2D eigenvalue weighted by Gasteiger charge is -2.30. The van der Waals surface area contributed by atoms with E-state index < -0.39 is 0 Å². The molecule has 0 saturated heterocycles. The highest BCUT2D eigenvalue weighted by Gasteiger charge is 2.28. The molecule has 0 N–H and O–H groups in total. The van der Waals surface area contributed by atoms with Gasteiger partial charge in [0.15, 0.2) is 17.3 Å². The smallest absolute Gasteiger partial charge is 0.273 e. The topological polar surface area (TPSA) is 92.2 Å². The van der Waals surface area contributed by atoms with E-state index in [0.29, 0.717) is 70.5 Å². The fourth-order valence-electron chi connectivity index (χ4n) is 4.83. The number of hydrogen-bond acceptors (Lipinski definition) is 8. The molecule has 9 heteroatoms. The largest absolute Gasteiger partial charge is 0.497 e. The van der Waals surface area contributed by atoms with E-state index in [0.717, 1.165) is 16.9 Å². The van der Waals surface area contributed by atoms with Crippen LogP contribution in [0.1, 0.15) is 21.6 Å². The lowest BCUT2D eigenvalue weighted by atomic mass is 9.97. The predicted molar refractivity (Wildman–Crippen MR) is 143 cm³/mol. The van der Waals surface area contributed by atoms with Gasteiger partial charge in [0, 0.05) is 35.7 Å². The fraction of sp³-hybridized carbons (Fsp3) is 0.276. The molecule has 0 radical (unpaired) electrons. The Kier molecular flexibility index (Phi) is 6.91. The van der Waals surface area contributed by atoms with E-state index in [-0.39, 0.29) is 5.91 Å². The zero-order valence-corrected chi connectivity index (χ0v) is 22.0. The third-order valence-electron chi connectivity index (χ3n) is 6.74. The number of rotatable bonds is 7.